The first-order chi connectivity index (χ1) is 15.8. The smallest absolute Gasteiger partial charge is 0.295 e. The molecule has 0 fully saturated rings. The second-order valence-electron chi connectivity index (χ2n) is 7.73. The van der Waals surface area contributed by atoms with Crippen LogP contribution in [0.1, 0.15) is 5.56 Å². The molecule has 0 atom stereocenters. The van der Waals surface area contributed by atoms with Gasteiger partial charge in [-0.15, -0.1) is 0 Å². The molecule has 7 nitrogen and oxygen atoms in total. The van der Waals surface area contributed by atoms with Crippen LogP contribution < -0.4 is 4.74 Å². The summed E-state index contributed by atoms with van der Waals surface area (Å²) in [6.45, 7) is 2.02. The third-order valence-electron chi connectivity index (χ3n) is 5.74. The topological polar surface area (TPSA) is 113 Å². The molecule has 0 bridgehead atoms. The Bertz CT molecular complexity index is 1660. The number of nitrogens with one attached hydrogen (secondary N) is 1. The van der Waals surface area contributed by atoms with E-state index in [0.717, 1.165) is 16.7 Å². The van der Waals surface area contributed by atoms with Gasteiger partial charge in [0.2, 0.25) is 0 Å². The van der Waals surface area contributed by atoms with Crippen LogP contribution in [0.4, 0.5) is 0 Å². The predicted octanol–water partition coefficient (Wildman–Crippen LogP) is 5.32. The standard InChI is InChI=1S/C25H20N2O5S/c1-14-7-3-4-8-15(14)16-9-5-11-18(24(16)32-2)25-26-19-13-21(33(29,30)31)17-10-6-12-20(28)22(17)23(19)27-25/h3-13,28H,1-2H3,(H,26,27)(H,29,30,31). The van der Waals surface area contributed by atoms with Crippen LogP contribution in [0, 0.1) is 6.92 Å². The first kappa shape index (κ1) is 21.0. The van der Waals surface area contributed by atoms with E-state index in [0.29, 0.717) is 28.2 Å². The molecule has 0 unspecified atom stereocenters. The van der Waals surface area contributed by atoms with E-state index in [4.69, 9.17) is 4.74 Å². The fourth-order valence-electron chi connectivity index (χ4n) is 4.26. The molecule has 4 aromatic carbocycles. The summed E-state index contributed by atoms with van der Waals surface area (Å²) in [6.07, 6.45) is 0. The van der Waals surface area contributed by atoms with Gasteiger partial charge in [0.25, 0.3) is 10.1 Å². The molecule has 0 aliphatic heterocycles. The maximum Gasteiger partial charge on any atom is 0.295 e. The molecule has 1 aromatic heterocycles. The number of nitrogens with zero attached hydrogens (tertiary/aromatic N) is 1. The van der Waals surface area contributed by atoms with Gasteiger partial charge in [-0.3, -0.25) is 4.55 Å². The van der Waals surface area contributed by atoms with Crippen LogP contribution in [0.2, 0.25) is 0 Å². The van der Waals surface area contributed by atoms with Crippen LogP contribution in [-0.2, 0) is 10.1 Å². The van der Waals surface area contributed by atoms with Crippen molar-refractivity contribution in [1.82, 2.24) is 9.97 Å². The highest BCUT2D eigenvalue weighted by molar-refractivity contribution is 7.86. The Balaban J connectivity index is 1.82. The summed E-state index contributed by atoms with van der Waals surface area (Å²) in [7, 11) is -2.95. The molecule has 5 rings (SSSR count). The van der Waals surface area contributed by atoms with Gasteiger partial charge in [-0.05, 0) is 36.2 Å². The first-order valence-corrected chi connectivity index (χ1v) is 11.6. The maximum absolute atomic E-state index is 12.0. The van der Waals surface area contributed by atoms with Gasteiger partial charge in [0.1, 0.15) is 27.7 Å². The number of aromatic hydroxyl groups is 1. The third kappa shape index (κ3) is 3.40. The summed E-state index contributed by atoms with van der Waals surface area (Å²) >= 11 is 0. The van der Waals surface area contributed by atoms with Crippen molar-refractivity contribution in [2.75, 3.05) is 7.11 Å². The van der Waals surface area contributed by atoms with Gasteiger partial charge in [-0.1, -0.05) is 48.5 Å². The Hall–Kier alpha value is -3.88. The number of phenols is 1. The fourth-order valence-corrected chi connectivity index (χ4v) is 4.97. The van der Waals surface area contributed by atoms with Crippen molar-refractivity contribution in [2.45, 2.75) is 11.8 Å². The Labute approximate surface area is 190 Å². The zero-order valence-electron chi connectivity index (χ0n) is 17.8. The maximum atomic E-state index is 12.0. The number of fused-ring (bicyclic) bond motifs is 3. The molecular weight excluding hydrogens is 440 g/mol. The first-order valence-electron chi connectivity index (χ1n) is 10.1. The van der Waals surface area contributed by atoms with E-state index in [-0.39, 0.29) is 21.4 Å². The number of H-pyrrole nitrogens is 1. The molecule has 3 N–H and O–H groups in total. The van der Waals surface area contributed by atoms with Crippen molar-refractivity contribution in [3.63, 3.8) is 0 Å². The number of para-hydroxylation sites is 1. The molecule has 0 radical (unpaired) electrons. The lowest BCUT2D eigenvalue weighted by Gasteiger charge is -2.14. The number of phenolic OH excluding ortho intramolecular Hbond substituents is 1. The number of hydrogen-bond donors (Lipinski definition) is 3. The highest BCUT2D eigenvalue weighted by Crippen LogP contribution is 2.41. The molecule has 5 aromatic rings. The third-order valence-corrected chi connectivity index (χ3v) is 6.63. The average molecular weight is 461 g/mol. The molecular formula is C25H20N2O5S. The van der Waals surface area contributed by atoms with E-state index >= 15 is 0 Å². The van der Waals surface area contributed by atoms with Crippen LogP contribution in [0.15, 0.2) is 71.6 Å². The minimum atomic E-state index is -4.54. The SMILES string of the molecule is COc1c(-c2nc3c(cc(S(=O)(=O)O)c4cccc(O)c43)[nH]2)cccc1-c1ccccc1C. The largest absolute Gasteiger partial charge is 0.507 e. The molecule has 33 heavy (non-hydrogen) atoms. The molecule has 0 spiro atoms. The van der Waals surface area contributed by atoms with E-state index in [2.05, 4.69) is 9.97 Å². The van der Waals surface area contributed by atoms with Gasteiger partial charge in [0, 0.05) is 10.9 Å². The van der Waals surface area contributed by atoms with Gasteiger partial charge in [-0.2, -0.15) is 8.42 Å². The van der Waals surface area contributed by atoms with Crippen molar-refractivity contribution in [3.8, 4) is 34.0 Å². The number of methoxy groups -OCH3 is 1. The van der Waals surface area contributed by atoms with Crippen LogP contribution >= 0.6 is 0 Å². The van der Waals surface area contributed by atoms with Gasteiger partial charge >= 0.3 is 0 Å². The quantitative estimate of drug-likeness (QED) is 0.313. The fraction of sp³-hybridized carbons (Fsp3) is 0.0800. The van der Waals surface area contributed by atoms with Gasteiger partial charge in [0.15, 0.2) is 0 Å². The molecule has 0 aliphatic rings. The Morgan fingerprint density at radius 1 is 0.939 bits per heavy atom. The van der Waals surface area contributed by atoms with Gasteiger partial charge in [0.05, 0.1) is 23.6 Å². The predicted molar refractivity (Wildman–Crippen MR) is 127 cm³/mol. The van der Waals surface area contributed by atoms with E-state index < -0.39 is 10.1 Å². The lowest BCUT2D eigenvalue weighted by atomic mass is 9.97. The Morgan fingerprint density at radius 3 is 2.36 bits per heavy atom. The molecule has 0 aliphatic carbocycles. The number of imidazole rings is 1. The summed E-state index contributed by atoms with van der Waals surface area (Å²) in [5, 5.41) is 10.9. The number of ether oxygens (including phenoxy) is 1. The summed E-state index contributed by atoms with van der Waals surface area (Å²) in [4.78, 5) is 7.51. The monoisotopic (exact) mass is 460 g/mol. The van der Waals surface area contributed by atoms with E-state index in [1.54, 1.807) is 7.11 Å². The molecule has 166 valence electrons. The molecule has 8 heteroatoms. The zero-order chi connectivity index (χ0) is 23.3. The van der Waals surface area contributed by atoms with E-state index in [1.807, 2.05) is 49.4 Å². The van der Waals surface area contributed by atoms with Crippen LogP contribution in [-0.4, -0.2) is 35.2 Å². The normalized spacial score (nSPS) is 11.8. The van der Waals surface area contributed by atoms with Crippen molar-refractivity contribution in [1.29, 1.82) is 0 Å². The number of benzene rings is 4. The van der Waals surface area contributed by atoms with Gasteiger partial charge < -0.3 is 14.8 Å². The zero-order valence-corrected chi connectivity index (χ0v) is 18.6. The van der Waals surface area contributed by atoms with Crippen LogP contribution in [0.5, 0.6) is 11.5 Å². The molecule has 0 saturated carbocycles. The molecule has 0 amide bonds. The summed E-state index contributed by atoms with van der Waals surface area (Å²) in [5.41, 5.74) is 4.41. The van der Waals surface area contributed by atoms with Crippen LogP contribution in [0.3, 0.4) is 0 Å². The minimum Gasteiger partial charge on any atom is -0.507 e. The second kappa shape index (κ2) is 7.61. The summed E-state index contributed by atoms with van der Waals surface area (Å²) in [6, 6.07) is 19.5. The highest BCUT2D eigenvalue weighted by Gasteiger charge is 2.22. The van der Waals surface area contributed by atoms with Crippen molar-refractivity contribution in [2.24, 2.45) is 0 Å². The number of aromatic amines is 1. The molecule has 0 saturated heterocycles. The van der Waals surface area contributed by atoms with Crippen molar-refractivity contribution >= 4 is 31.9 Å². The Morgan fingerprint density at radius 2 is 1.64 bits per heavy atom. The summed E-state index contributed by atoms with van der Waals surface area (Å²) in [5.74, 6) is 0.908. The number of aromatic nitrogens is 2. The average Bonchev–Trinajstić information content (AvgIpc) is 3.22. The second-order valence-corrected chi connectivity index (χ2v) is 9.12. The highest BCUT2D eigenvalue weighted by atomic mass is 32.2. The lowest BCUT2D eigenvalue weighted by molar-refractivity contribution is 0.418. The van der Waals surface area contributed by atoms with Crippen molar-refractivity contribution in [3.05, 3.63) is 72.3 Å². The number of aryl methyl sites for hydroxylation is 1. The van der Waals surface area contributed by atoms with Gasteiger partial charge in [-0.25, -0.2) is 4.98 Å². The number of hydrogen-bond acceptors (Lipinski definition) is 5. The number of rotatable bonds is 4. The van der Waals surface area contributed by atoms with Crippen molar-refractivity contribution < 1.29 is 22.8 Å². The van der Waals surface area contributed by atoms with E-state index in [1.165, 1.54) is 24.3 Å². The minimum absolute atomic E-state index is 0.137. The Kier molecular flexibility index (Phi) is 4.84. The molecule has 1 heterocycles. The lowest BCUT2D eigenvalue weighted by Crippen LogP contribution is -1.99. The van der Waals surface area contributed by atoms with E-state index in [9.17, 15) is 18.1 Å². The van der Waals surface area contributed by atoms with Crippen LogP contribution in [0.25, 0.3) is 44.3 Å². The summed E-state index contributed by atoms with van der Waals surface area (Å²) < 4.78 is 39.6.